The second-order valence-corrected chi connectivity index (χ2v) is 8.16. The maximum atomic E-state index is 12.4. The summed E-state index contributed by atoms with van der Waals surface area (Å²) in [4.78, 5) is 12.4. The fourth-order valence-corrected chi connectivity index (χ4v) is 3.99. The monoisotopic (exact) mass is 354 g/mol. The Morgan fingerprint density at radius 3 is 2.52 bits per heavy atom. The van der Waals surface area contributed by atoms with E-state index in [1.165, 1.54) is 23.1 Å². The molecule has 0 bridgehead atoms. The zero-order valence-corrected chi connectivity index (χ0v) is 15.8. The van der Waals surface area contributed by atoms with Gasteiger partial charge in [-0.25, -0.2) is 0 Å². The summed E-state index contributed by atoms with van der Waals surface area (Å²) in [5, 5.41) is 19.2. The molecule has 0 saturated heterocycles. The van der Waals surface area contributed by atoms with E-state index in [1.807, 2.05) is 41.7 Å². The van der Waals surface area contributed by atoms with Crippen molar-refractivity contribution in [1.29, 1.82) is 0 Å². The first-order chi connectivity index (χ1) is 10.8. The van der Waals surface area contributed by atoms with Gasteiger partial charge in [-0.1, -0.05) is 23.1 Å². The number of amides is 1. The predicted octanol–water partition coefficient (Wildman–Crippen LogP) is 2.83. The van der Waals surface area contributed by atoms with Crippen LogP contribution in [0.3, 0.4) is 0 Å². The van der Waals surface area contributed by atoms with E-state index in [4.69, 9.17) is 0 Å². The molecular weight excluding hydrogens is 332 g/mol. The first-order valence-electron chi connectivity index (χ1n) is 7.35. The van der Waals surface area contributed by atoms with Crippen molar-refractivity contribution in [1.82, 2.24) is 20.0 Å². The summed E-state index contributed by atoms with van der Waals surface area (Å²) in [5.41, 5.74) is 2.53. The molecule has 0 aromatic carbocycles. The molecule has 7 nitrogen and oxygen atoms in total. The normalized spacial score (nSPS) is 12.5. The molecule has 9 heteroatoms. The van der Waals surface area contributed by atoms with Crippen LogP contribution >= 0.6 is 23.1 Å². The summed E-state index contributed by atoms with van der Waals surface area (Å²) < 4.78 is 2.53. The lowest BCUT2D eigenvalue weighted by atomic mass is 10.3. The van der Waals surface area contributed by atoms with Gasteiger partial charge in [0, 0.05) is 13.1 Å². The van der Waals surface area contributed by atoms with Crippen molar-refractivity contribution in [3.05, 3.63) is 11.4 Å². The highest BCUT2D eigenvalue weighted by Crippen LogP contribution is 2.30. The largest absolute Gasteiger partial charge is 0.358 e. The lowest BCUT2D eigenvalue weighted by Gasteiger charge is -2.10. The van der Waals surface area contributed by atoms with Crippen LogP contribution in [0, 0.1) is 13.8 Å². The first-order valence-corrected chi connectivity index (χ1v) is 9.05. The molecule has 2 rings (SSSR count). The van der Waals surface area contributed by atoms with Crippen molar-refractivity contribution in [2.24, 2.45) is 7.05 Å². The number of hydrogen-bond acceptors (Lipinski definition) is 7. The van der Waals surface area contributed by atoms with Crippen LogP contribution in [0.15, 0.2) is 4.34 Å². The molecule has 0 spiro atoms. The van der Waals surface area contributed by atoms with Gasteiger partial charge in [-0.15, -0.1) is 10.2 Å². The molecule has 2 aromatic heterocycles. The average Bonchev–Trinajstić information content (AvgIpc) is 2.98. The van der Waals surface area contributed by atoms with E-state index in [0.717, 1.165) is 26.5 Å². The molecule has 1 atom stereocenters. The van der Waals surface area contributed by atoms with Crippen molar-refractivity contribution in [3.63, 3.8) is 0 Å². The summed E-state index contributed by atoms with van der Waals surface area (Å²) in [6.07, 6.45) is 0. The smallest absolute Gasteiger partial charge is 0.237 e. The number of aromatic nitrogens is 4. The molecular formula is C14H22N6OS2. The van der Waals surface area contributed by atoms with E-state index < -0.39 is 0 Å². The van der Waals surface area contributed by atoms with Crippen LogP contribution in [0.1, 0.15) is 32.2 Å². The minimum absolute atomic E-state index is 0.0669. The van der Waals surface area contributed by atoms with Crippen LogP contribution in [0.2, 0.25) is 0 Å². The Bertz CT molecular complexity index is 693. The number of carbonyl (C=O) groups excluding carboxylic acids is 1. The average molecular weight is 355 g/mol. The summed E-state index contributed by atoms with van der Waals surface area (Å²) >= 11 is 2.86. The predicted molar refractivity (Wildman–Crippen MR) is 95.3 cm³/mol. The molecule has 2 heterocycles. The van der Waals surface area contributed by atoms with Gasteiger partial charge in [-0.2, -0.15) is 5.10 Å². The third-order valence-corrected chi connectivity index (χ3v) is 5.26. The van der Waals surface area contributed by atoms with Crippen molar-refractivity contribution in [2.45, 2.75) is 50.3 Å². The van der Waals surface area contributed by atoms with Crippen molar-refractivity contribution < 1.29 is 4.79 Å². The zero-order valence-electron chi connectivity index (χ0n) is 14.2. The van der Waals surface area contributed by atoms with Crippen molar-refractivity contribution in [3.8, 4) is 0 Å². The van der Waals surface area contributed by atoms with Gasteiger partial charge in [0.15, 0.2) is 4.34 Å². The maximum Gasteiger partial charge on any atom is 0.237 e. The Hall–Kier alpha value is -1.61. The van der Waals surface area contributed by atoms with E-state index in [-0.39, 0.29) is 11.2 Å². The maximum absolute atomic E-state index is 12.4. The fraction of sp³-hybridized carbons (Fsp3) is 0.571. The summed E-state index contributed by atoms with van der Waals surface area (Å²) in [5.74, 6) is -0.0669. The molecule has 0 aliphatic rings. The lowest BCUT2D eigenvalue weighted by molar-refractivity contribution is -0.115. The third-order valence-electron chi connectivity index (χ3n) is 3.22. The van der Waals surface area contributed by atoms with Gasteiger partial charge >= 0.3 is 0 Å². The number of thioether (sulfide) groups is 1. The van der Waals surface area contributed by atoms with Gasteiger partial charge in [0.2, 0.25) is 11.0 Å². The van der Waals surface area contributed by atoms with Crippen molar-refractivity contribution >= 4 is 39.8 Å². The number of rotatable bonds is 6. The molecule has 1 unspecified atom stereocenters. The molecule has 0 saturated carbocycles. The third kappa shape index (κ3) is 4.44. The van der Waals surface area contributed by atoms with E-state index >= 15 is 0 Å². The van der Waals surface area contributed by atoms with Crippen molar-refractivity contribution in [2.75, 3.05) is 10.6 Å². The van der Waals surface area contributed by atoms with E-state index in [2.05, 4.69) is 25.9 Å². The molecule has 2 N–H and O–H groups in total. The lowest BCUT2D eigenvalue weighted by Crippen LogP contribution is -2.23. The van der Waals surface area contributed by atoms with Gasteiger partial charge < -0.3 is 10.6 Å². The number of anilines is 2. The summed E-state index contributed by atoms with van der Waals surface area (Å²) in [6.45, 7) is 9.76. The van der Waals surface area contributed by atoms with Crippen LogP contribution in [0.25, 0.3) is 0 Å². The molecule has 0 fully saturated rings. The Labute approximate surface area is 144 Å². The van der Waals surface area contributed by atoms with E-state index in [1.54, 1.807) is 4.68 Å². The first kappa shape index (κ1) is 17.7. The molecule has 0 radical (unpaired) electrons. The Kier molecular flexibility index (Phi) is 5.64. The van der Waals surface area contributed by atoms with Gasteiger partial charge in [0.1, 0.15) is 0 Å². The van der Waals surface area contributed by atoms with Gasteiger partial charge in [-0.05, 0) is 34.6 Å². The van der Waals surface area contributed by atoms with Crippen LogP contribution in [-0.2, 0) is 11.8 Å². The number of nitrogens with one attached hydrogen (secondary N) is 2. The summed E-state index contributed by atoms with van der Waals surface area (Å²) in [7, 11) is 1.86. The van der Waals surface area contributed by atoms with Crippen LogP contribution in [-0.4, -0.2) is 37.2 Å². The molecule has 1 amide bonds. The SMILES string of the molecule is Cc1nn(C)c(C)c1NC(=O)C(C)Sc1nnc(NC(C)C)s1. The molecule has 0 aliphatic heterocycles. The molecule has 126 valence electrons. The molecule has 2 aromatic rings. The Morgan fingerprint density at radius 1 is 1.26 bits per heavy atom. The number of aryl methyl sites for hydroxylation is 2. The highest BCUT2D eigenvalue weighted by Gasteiger charge is 2.20. The van der Waals surface area contributed by atoms with Gasteiger partial charge in [-0.3, -0.25) is 9.48 Å². The Morgan fingerprint density at radius 2 is 1.96 bits per heavy atom. The van der Waals surface area contributed by atoms with Crippen LogP contribution < -0.4 is 10.6 Å². The van der Waals surface area contributed by atoms with Gasteiger partial charge in [0.25, 0.3) is 0 Å². The number of carbonyl (C=O) groups is 1. The topological polar surface area (TPSA) is 84.7 Å². The van der Waals surface area contributed by atoms with E-state index in [0.29, 0.717) is 6.04 Å². The number of nitrogens with zero attached hydrogens (tertiary/aromatic N) is 4. The number of hydrogen-bond donors (Lipinski definition) is 2. The molecule has 23 heavy (non-hydrogen) atoms. The quantitative estimate of drug-likeness (QED) is 0.776. The highest BCUT2D eigenvalue weighted by atomic mass is 32.2. The standard InChI is InChI=1S/C14H22N6OS2/c1-7(2)15-13-17-18-14(23-13)22-10(5)12(21)16-11-8(3)19-20(6)9(11)4/h7,10H,1-6H3,(H,15,17)(H,16,21). The molecule has 0 aliphatic carbocycles. The fourth-order valence-electron chi connectivity index (χ4n) is 1.95. The second-order valence-electron chi connectivity index (χ2n) is 5.59. The van der Waals surface area contributed by atoms with Crippen LogP contribution in [0.4, 0.5) is 10.8 Å². The zero-order chi connectivity index (χ0) is 17.1. The van der Waals surface area contributed by atoms with E-state index in [9.17, 15) is 4.79 Å². The highest BCUT2D eigenvalue weighted by molar-refractivity contribution is 8.02. The Balaban J connectivity index is 1.98. The van der Waals surface area contributed by atoms with Crippen LogP contribution in [0.5, 0.6) is 0 Å². The second kappa shape index (κ2) is 7.31. The summed E-state index contributed by atoms with van der Waals surface area (Å²) in [6, 6.07) is 0.304. The minimum Gasteiger partial charge on any atom is -0.358 e. The minimum atomic E-state index is -0.270. The van der Waals surface area contributed by atoms with Gasteiger partial charge in [0.05, 0.1) is 22.3 Å².